The first kappa shape index (κ1) is 15.7. The minimum absolute atomic E-state index is 0.0113. The van der Waals surface area contributed by atoms with E-state index in [-0.39, 0.29) is 17.5 Å². The molecule has 0 unspecified atom stereocenters. The van der Waals surface area contributed by atoms with Crippen molar-refractivity contribution in [2.45, 2.75) is 19.9 Å². The Morgan fingerprint density at radius 1 is 1.32 bits per heavy atom. The molecule has 102 valence electrons. The molecule has 0 radical (unpaired) electrons. The Hall–Kier alpha value is -1.33. The number of carbonyl (C=O) groups is 1. The number of halogens is 1. The van der Waals surface area contributed by atoms with E-state index in [2.05, 4.69) is 10.1 Å². The average Bonchev–Trinajstić information content (AvgIpc) is 2.38. The van der Waals surface area contributed by atoms with Gasteiger partial charge < -0.3 is 5.21 Å². The number of ketones is 1. The monoisotopic (exact) mass is 298 g/mol. The van der Waals surface area contributed by atoms with Crippen LogP contribution in [-0.2, 0) is 0 Å². The second-order valence-corrected chi connectivity index (χ2v) is 5.25. The summed E-state index contributed by atoms with van der Waals surface area (Å²) in [5.74, 6) is -0.382. The normalized spacial score (nSPS) is 12.9. The Balaban J connectivity index is 3.10. The van der Waals surface area contributed by atoms with Crippen molar-refractivity contribution < 1.29 is 10.0 Å². The van der Waals surface area contributed by atoms with Crippen LogP contribution in [-0.4, -0.2) is 34.0 Å². The van der Waals surface area contributed by atoms with Crippen LogP contribution in [0, 0.1) is 0 Å². The van der Waals surface area contributed by atoms with Gasteiger partial charge >= 0.3 is 0 Å². The van der Waals surface area contributed by atoms with Crippen molar-refractivity contribution in [2.75, 3.05) is 6.26 Å². The number of benzene rings is 1. The molecule has 0 amide bonds. The number of nitrogens with zero attached hydrogens (tertiary/aromatic N) is 2. The fraction of sp³-hybridized carbons (Fsp3) is 0.308. The standard InChI is InChI=1S/C13H15ClN2O2S/c1-8(2)15-13(19-3)11(16-18)12(17)9-4-6-10(14)7-5-9/h4-8,18H,1-3H3/b15-13?,16-11+. The van der Waals surface area contributed by atoms with Gasteiger partial charge in [-0.3, -0.25) is 9.79 Å². The largest absolute Gasteiger partial charge is 0.410 e. The van der Waals surface area contributed by atoms with Gasteiger partial charge in [0.25, 0.3) is 0 Å². The number of carbonyl (C=O) groups excluding carboxylic acids is 1. The maximum atomic E-state index is 12.2. The van der Waals surface area contributed by atoms with Gasteiger partial charge in [-0.2, -0.15) is 0 Å². The average molecular weight is 299 g/mol. The maximum absolute atomic E-state index is 12.2. The van der Waals surface area contributed by atoms with Gasteiger partial charge in [0.15, 0.2) is 5.71 Å². The van der Waals surface area contributed by atoms with Gasteiger partial charge in [-0.25, -0.2) is 0 Å². The van der Waals surface area contributed by atoms with Crippen LogP contribution in [0.3, 0.4) is 0 Å². The third-order valence-corrected chi connectivity index (χ3v) is 3.13. The summed E-state index contributed by atoms with van der Waals surface area (Å²) in [4.78, 5) is 16.5. The van der Waals surface area contributed by atoms with E-state index in [0.29, 0.717) is 15.6 Å². The molecular formula is C13H15ClN2O2S. The Morgan fingerprint density at radius 3 is 2.32 bits per heavy atom. The Labute approximate surface area is 121 Å². The number of hydrogen-bond donors (Lipinski definition) is 1. The number of hydrogen-bond acceptors (Lipinski definition) is 5. The smallest absolute Gasteiger partial charge is 0.217 e. The Bertz CT molecular complexity index is 510. The first-order valence-corrected chi connectivity index (χ1v) is 7.24. The van der Waals surface area contributed by atoms with Crippen LogP contribution in [0.4, 0.5) is 0 Å². The van der Waals surface area contributed by atoms with Crippen molar-refractivity contribution in [3.8, 4) is 0 Å². The van der Waals surface area contributed by atoms with Crippen molar-refractivity contribution in [3.05, 3.63) is 34.9 Å². The molecule has 0 saturated carbocycles. The van der Waals surface area contributed by atoms with Gasteiger partial charge in [0.1, 0.15) is 5.04 Å². The molecule has 6 heteroatoms. The molecule has 0 spiro atoms. The zero-order valence-corrected chi connectivity index (χ0v) is 12.5. The molecule has 0 aliphatic rings. The van der Waals surface area contributed by atoms with Crippen LogP contribution in [0.5, 0.6) is 0 Å². The number of oxime groups is 1. The summed E-state index contributed by atoms with van der Waals surface area (Å²) < 4.78 is 0. The molecular weight excluding hydrogens is 284 g/mol. The molecule has 1 rings (SSSR count). The van der Waals surface area contributed by atoms with Gasteiger partial charge in [-0.15, -0.1) is 11.8 Å². The maximum Gasteiger partial charge on any atom is 0.217 e. The van der Waals surface area contributed by atoms with E-state index in [1.54, 1.807) is 30.5 Å². The third kappa shape index (κ3) is 4.36. The van der Waals surface area contributed by atoms with E-state index in [4.69, 9.17) is 16.8 Å². The summed E-state index contributed by atoms with van der Waals surface area (Å²) >= 11 is 7.04. The van der Waals surface area contributed by atoms with E-state index in [1.807, 2.05) is 13.8 Å². The van der Waals surface area contributed by atoms with Crippen LogP contribution in [0.25, 0.3) is 0 Å². The van der Waals surface area contributed by atoms with Gasteiger partial charge in [-0.05, 0) is 44.4 Å². The lowest BCUT2D eigenvalue weighted by Gasteiger charge is -2.07. The van der Waals surface area contributed by atoms with Crippen LogP contribution < -0.4 is 0 Å². The third-order valence-electron chi connectivity index (χ3n) is 2.19. The van der Waals surface area contributed by atoms with Gasteiger partial charge in [0.05, 0.1) is 0 Å². The van der Waals surface area contributed by atoms with Crippen molar-refractivity contribution in [3.63, 3.8) is 0 Å². The Kier molecular flexibility index (Phi) is 6.05. The first-order valence-electron chi connectivity index (χ1n) is 5.64. The summed E-state index contributed by atoms with van der Waals surface area (Å²) in [6.07, 6.45) is 1.78. The molecule has 0 saturated heterocycles. The van der Waals surface area contributed by atoms with Crippen molar-refractivity contribution in [2.24, 2.45) is 10.1 Å². The van der Waals surface area contributed by atoms with Crippen LogP contribution >= 0.6 is 23.4 Å². The number of Topliss-reactive ketones (excluding diaryl/α,β-unsaturated/α-hetero) is 1. The molecule has 0 bridgehead atoms. The van der Waals surface area contributed by atoms with Crippen LogP contribution in [0.15, 0.2) is 34.4 Å². The molecule has 0 aliphatic heterocycles. The summed E-state index contributed by atoms with van der Waals surface area (Å²) in [7, 11) is 0. The minimum Gasteiger partial charge on any atom is -0.410 e. The Morgan fingerprint density at radius 2 is 1.89 bits per heavy atom. The van der Waals surface area contributed by atoms with E-state index in [1.165, 1.54) is 11.8 Å². The van der Waals surface area contributed by atoms with E-state index in [0.717, 1.165) is 0 Å². The lowest BCUT2D eigenvalue weighted by Crippen LogP contribution is -2.23. The molecule has 0 aliphatic carbocycles. The molecule has 19 heavy (non-hydrogen) atoms. The van der Waals surface area contributed by atoms with Gasteiger partial charge in [0, 0.05) is 16.6 Å². The summed E-state index contributed by atoms with van der Waals surface area (Å²) in [6, 6.07) is 6.41. The minimum atomic E-state index is -0.382. The summed E-state index contributed by atoms with van der Waals surface area (Å²) in [6.45, 7) is 3.77. The number of aliphatic imine (C=N–C) groups is 1. The highest BCUT2D eigenvalue weighted by Gasteiger charge is 2.20. The van der Waals surface area contributed by atoms with Crippen molar-refractivity contribution in [1.29, 1.82) is 0 Å². The SMILES string of the molecule is CSC(=NC(C)C)/C(=N/O)C(=O)c1ccc(Cl)cc1. The first-order chi connectivity index (χ1) is 8.99. The molecule has 1 aromatic carbocycles. The topological polar surface area (TPSA) is 62.0 Å². The lowest BCUT2D eigenvalue weighted by atomic mass is 10.1. The zero-order valence-electron chi connectivity index (χ0n) is 10.9. The summed E-state index contributed by atoms with van der Waals surface area (Å²) in [5.41, 5.74) is 0.353. The summed E-state index contributed by atoms with van der Waals surface area (Å²) in [5, 5.41) is 13.1. The van der Waals surface area contributed by atoms with Crippen LogP contribution in [0.2, 0.25) is 5.02 Å². The van der Waals surface area contributed by atoms with Crippen LogP contribution in [0.1, 0.15) is 24.2 Å². The van der Waals surface area contributed by atoms with E-state index >= 15 is 0 Å². The lowest BCUT2D eigenvalue weighted by molar-refractivity contribution is 0.106. The van der Waals surface area contributed by atoms with Gasteiger partial charge in [0.2, 0.25) is 5.78 Å². The van der Waals surface area contributed by atoms with E-state index in [9.17, 15) is 4.79 Å². The molecule has 0 fully saturated rings. The number of rotatable bonds is 4. The second kappa shape index (κ2) is 7.31. The highest BCUT2D eigenvalue weighted by molar-refractivity contribution is 8.15. The quantitative estimate of drug-likeness (QED) is 0.304. The van der Waals surface area contributed by atoms with Crippen molar-refractivity contribution >= 4 is 39.9 Å². The van der Waals surface area contributed by atoms with Gasteiger partial charge in [-0.1, -0.05) is 16.8 Å². The molecule has 1 N–H and O–H groups in total. The molecule has 0 aromatic heterocycles. The fourth-order valence-corrected chi connectivity index (χ4v) is 2.14. The molecule has 0 heterocycles. The van der Waals surface area contributed by atoms with Crippen molar-refractivity contribution in [1.82, 2.24) is 0 Å². The second-order valence-electron chi connectivity index (χ2n) is 4.02. The highest BCUT2D eigenvalue weighted by Crippen LogP contribution is 2.13. The number of thioether (sulfide) groups is 1. The molecule has 4 nitrogen and oxygen atoms in total. The molecule has 0 atom stereocenters. The van der Waals surface area contributed by atoms with E-state index < -0.39 is 0 Å². The zero-order chi connectivity index (χ0) is 14.4. The fourth-order valence-electron chi connectivity index (χ4n) is 1.37. The predicted octanol–water partition coefficient (Wildman–Crippen LogP) is 3.52. The highest BCUT2D eigenvalue weighted by atomic mass is 35.5. The predicted molar refractivity (Wildman–Crippen MR) is 81.1 cm³/mol. The molecule has 1 aromatic rings.